The quantitative estimate of drug-likeness (QED) is 0.660. The summed E-state index contributed by atoms with van der Waals surface area (Å²) in [5, 5.41) is 0. The van der Waals surface area contributed by atoms with Crippen molar-refractivity contribution in [3.05, 3.63) is 65.2 Å². The normalized spacial score (nSPS) is 18.1. The maximum atomic E-state index is 13.3. The first-order chi connectivity index (χ1) is 14.6. The number of carbonyl (C=O) groups is 2. The molecule has 6 heteroatoms. The number of rotatable bonds is 7. The van der Waals surface area contributed by atoms with Gasteiger partial charge in [0.25, 0.3) is 0 Å². The van der Waals surface area contributed by atoms with E-state index in [2.05, 4.69) is 4.90 Å². The number of ether oxygens (including phenoxy) is 2. The first-order valence-corrected chi connectivity index (χ1v) is 10.4. The topological polar surface area (TPSA) is 59.1 Å². The fourth-order valence-corrected chi connectivity index (χ4v) is 4.12. The number of hydrogen-bond donors (Lipinski definition) is 0. The number of carbonyl (C=O) groups excluding carboxylic acids is 2. The number of fused-ring (bicyclic) bond motifs is 1. The third-order valence-corrected chi connectivity index (χ3v) is 5.99. The summed E-state index contributed by atoms with van der Waals surface area (Å²) in [6, 6.07) is 15.8. The molecule has 2 aliphatic rings. The Bertz CT molecular complexity index is 908. The van der Waals surface area contributed by atoms with Crippen LogP contribution in [-0.4, -0.2) is 54.5 Å². The molecule has 0 radical (unpaired) electrons. The number of amides is 1. The van der Waals surface area contributed by atoms with Gasteiger partial charge in [0.15, 0.2) is 0 Å². The third kappa shape index (κ3) is 4.49. The minimum absolute atomic E-state index is 0.0275. The van der Waals surface area contributed by atoms with Crippen LogP contribution >= 0.6 is 0 Å². The highest BCUT2D eigenvalue weighted by Gasteiger charge is 2.37. The van der Waals surface area contributed by atoms with E-state index < -0.39 is 6.04 Å². The molecule has 1 atom stereocenters. The second-order valence-corrected chi connectivity index (χ2v) is 8.02. The summed E-state index contributed by atoms with van der Waals surface area (Å²) in [5.74, 6) is 0.437. The Hall–Kier alpha value is -2.86. The summed E-state index contributed by atoms with van der Waals surface area (Å²) < 4.78 is 10.2. The summed E-state index contributed by atoms with van der Waals surface area (Å²) in [6.45, 7) is 1.44. The van der Waals surface area contributed by atoms with E-state index in [9.17, 15) is 9.59 Å². The Labute approximate surface area is 177 Å². The van der Waals surface area contributed by atoms with Gasteiger partial charge in [0.2, 0.25) is 5.91 Å². The van der Waals surface area contributed by atoms with Crippen molar-refractivity contribution >= 4 is 11.9 Å². The molecule has 1 aliphatic carbocycles. The fourth-order valence-electron chi connectivity index (χ4n) is 4.12. The molecule has 1 fully saturated rings. The van der Waals surface area contributed by atoms with Gasteiger partial charge in [-0.3, -0.25) is 9.69 Å². The first kappa shape index (κ1) is 20.4. The van der Waals surface area contributed by atoms with E-state index in [4.69, 9.17) is 9.47 Å². The van der Waals surface area contributed by atoms with Crippen molar-refractivity contribution in [1.29, 1.82) is 0 Å². The van der Waals surface area contributed by atoms with Crippen molar-refractivity contribution in [2.45, 2.75) is 44.4 Å². The standard InChI is InChI=1S/C24H28N2O4/c1-29-21-11-7-17(8-12-21)14-25(20-9-10-20)16-23(27)26-15-19-6-4-3-5-18(19)13-22(26)24(28)30-2/h3-8,11-12,20,22H,9-10,13-16H2,1-2H3. The van der Waals surface area contributed by atoms with Gasteiger partial charge in [0.05, 0.1) is 20.8 Å². The van der Waals surface area contributed by atoms with Crippen LogP contribution in [0, 0.1) is 0 Å². The lowest BCUT2D eigenvalue weighted by Crippen LogP contribution is -2.52. The average molecular weight is 408 g/mol. The van der Waals surface area contributed by atoms with Crippen LogP contribution in [-0.2, 0) is 33.8 Å². The van der Waals surface area contributed by atoms with Gasteiger partial charge in [-0.25, -0.2) is 4.79 Å². The molecule has 0 N–H and O–H groups in total. The van der Waals surface area contributed by atoms with Gasteiger partial charge in [0.1, 0.15) is 11.8 Å². The van der Waals surface area contributed by atoms with Crippen LogP contribution in [0.3, 0.4) is 0 Å². The van der Waals surface area contributed by atoms with Gasteiger partial charge in [0, 0.05) is 25.6 Å². The van der Waals surface area contributed by atoms with E-state index in [0.717, 1.165) is 35.3 Å². The molecule has 1 unspecified atom stereocenters. The second kappa shape index (κ2) is 8.88. The lowest BCUT2D eigenvalue weighted by Gasteiger charge is -2.36. The monoisotopic (exact) mass is 408 g/mol. The van der Waals surface area contributed by atoms with Crippen LogP contribution < -0.4 is 4.74 Å². The predicted octanol–water partition coefficient (Wildman–Crippen LogP) is 2.79. The average Bonchev–Trinajstić information content (AvgIpc) is 3.63. The molecular weight excluding hydrogens is 380 g/mol. The van der Waals surface area contributed by atoms with Crippen molar-refractivity contribution in [3.8, 4) is 5.75 Å². The molecule has 30 heavy (non-hydrogen) atoms. The lowest BCUT2D eigenvalue weighted by molar-refractivity contribution is -0.154. The van der Waals surface area contributed by atoms with E-state index in [1.807, 2.05) is 48.5 Å². The highest BCUT2D eigenvalue weighted by atomic mass is 16.5. The smallest absolute Gasteiger partial charge is 0.328 e. The minimum atomic E-state index is -0.570. The van der Waals surface area contributed by atoms with Crippen molar-refractivity contribution in [2.24, 2.45) is 0 Å². The van der Waals surface area contributed by atoms with Crippen LogP contribution in [0.1, 0.15) is 29.5 Å². The molecule has 1 heterocycles. The van der Waals surface area contributed by atoms with Gasteiger partial charge in [-0.15, -0.1) is 0 Å². The molecule has 1 amide bonds. The summed E-state index contributed by atoms with van der Waals surface area (Å²) in [6.07, 6.45) is 2.70. The summed E-state index contributed by atoms with van der Waals surface area (Å²) >= 11 is 0. The minimum Gasteiger partial charge on any atom is -0.497 e. The lowest BCUT2D eigenvalue weighted by atomic mass is 9.94. The molecule has 1 saturated carbocycles. The van der Waals surface area contributed by atoms with Gasteiger partial charge in [-0.2, -0.15) is 0 Å². The number of methoxy groups -OCH3 is 2. The SMILES string of the molecule is COC(=O)C1Cc2ccccc2CN1C(=O)CN(Cc1ccc(OC)cc1)C1CC1. The van der Waals surface area contributed by atoms with E-state index in [1.165, 1.54) is 7.11 Å². The Balaban J connectivity index is 1.49. The Morgan fingerprint density at radius 2 is 1.73 bits per heavy atom. The first-order valence-electron chi connectivity index (χ1n) is 10.4. The van der Waals surface area contributed by atoms with Crippen molar-refractivity contribution in [1.82, 2.24) is 9.80 Å². The largest absolute Gasteiger partial charge is 0.497 e. The molecule has 6 nitrogen and oxygen atoms in total. The van der Waals surface area contributed by atoms with Crippen LogP contribution in [0.25, 0.3) is 0 Å². The zero-order valence-corrected chi connectivity index (χ0v) is 17.5. The van der Waals surface area contributed by atoms with E-state index >= 15 is 0 Å². The van der Waals surface area contributed by atoms with Crippen LogP contribution in [0.4, 0.5) is 0 Å². The Morgan fingerprint density at radius 3 is 2.37 bits per heavy atom. The zero-order valence-electron chi connectivity index (χ0n) is 17.5. The summed E-state index contributed by atoms with van der Waals surface area (Å²) in [5.41, 5.74) is 3.34. The van der Waals surface area contributed by atoms with E-state index in [1.54, 1.807) is 12.0 Å². The molecule has 158 valence electrons. The molecule has 0 aromatic heterocycles. The van der Waals surface area contributed by atoms with Gasteiger partial charge >= 0.3 is 5.97 Å². The Kier molecular flexibility index (Phi) is 6.04. The van der Waals surface area contributed by atoms with Gasteiger partial charge < -0.3 is 14.4 Å². The second-order valence-electron chi connectivity index (χ2n) is 8.02. The fraction of sp³-hybridized carbons (Fsp3) is 0.417. The van der Waals surface area contributed by atoms with E-state index in [0.29, 0.717) is 32.1 Å². The number of nitrogens with zero attached hydrogens (tertiary/aromatic N) is 2. The third-order valence-electron chi connectivity index (χ3n) is 5.99. The van der Waals surface area contributed by atoms with Crippen LogP contribution in [0.2, 0.25) is 0 Å². The Morgan fingerprint density at radius 1 is 1.03 bits per heavy atom. The van der Waals surface area contributed by atoms with Crippen molar-refractivity contribution < 1.29 is 19.1 Å². The zero-order chi connectivity index (χ0) is 21.1. The molecule has 2 aromatic carbocycles. The molecule has 2 aromatic rings. The number of esters is 1. The number of hydrogen-bond acceptors (Lipinski definition) is 5. The molecule has 4 rings (SSSR count). The highest BCUT2D eigenvalue weighted by Crippen LogP contribution is 2.30. The number of benzene rings is 2. The van der Waals surface area contributed by atoms with Gasteiger partial charge in [-0.1, -0.05) is 36.4 Å². The maximum absolute atomic E-state index is 13.3. The van der Waals surface area contributed by atoms with E-state index in [-0.39, 0.29) is 11.9 Å². The van der Waals surface area contributed by atoms with Gasteiger partial charge in [-0.05, 0) is 41.7 Å². The summed E-state index contributed by atoms with van der Waals surface area (Å²) in [7, 11) is 3.03. The molecular formula is C24H28N2O4. The van der Waals surface area contributed by atoms with Crippen molar-refractivity contribution in [2.75, 3.05) is 20.8 Å². The summed E-state index contributed by atoms with van der Waals surface area (Å²) in [4.78, 5) is 29.7. The van der Waals surface area contributed by atoms with Crippen LogP contribution in [0.5, 0.6) is 5.75 Å². The van der Waals surface area contributed by atoms with Crippen LogP contribution in [0.15, 0.2) is 48.5 Å². The van der Waals surface area contributed by atoms with Crippen molar-refractivity contribution in [3.63, 3.8) is 0 Å². The molecule has 0 spiro atoms. The molecule has 1 aliphatic heterocycles. The predicted molar refractivity (Wildman–Crippen MR) is 113 cm³/mol. The molecule has 0 bridgehead atoms. The molecule has 0 saturated heterocycles. The highest BCUT2D eigenvalue weighted by molar-refractivity contribution is 5.86. The maximum Gasteiger partial charge on any atom is 0.328 e.